The van der Waals surface area contributed by atoms with Crippen LogP contribution in [0.15, 0.2) is 0 Å². The molecule has 1 aliphatic heterocycles. The predicted molar refractivity (Wildman–Crippen MR) is 75.1 cm³/mol. The van der Waals surface area contributed by atoms with Gasteiger partial charge in [-0.15, -0.1) is 0 Å². The lowest BCUT2D eigenvalue weighted by molar-refractivity contribution is -0.123. The molecule has 7 heteroatoms. The van der Waals surface area contributed by atoms with Crippen molar-refractivity contribution in [1.29, 1.82) is 0 Å². The summed E-state index contributed by atoms with van der Waals surface area (Å²) in [6.45, 7) is 4.68. The van der Waals surface area contributed by atoms with E-state index in [9.17, 15) is 13.2 Å². The van der Waals surface area contributed by atoms with E-state index in [1.54, 1.807) is 0 Å². The molecule has 1 atom stereocenters. The third kappa shape index (κ3) is 4.74. The van der Waals surface area contributed by atoms with Crippen molar-refractivity contribution >= 4 is 15.9 Å². The molecule has 0 saturated carbocycles. The summed E-state index contributed by atoms with van der Waals surface area (Å²) in [7, 11) is -3.11. The van der Waals surface area contributed by atoms with Crippen LogP contribution in [0.2, 0.25) is 0 Å². The van der Waals surface area contributed by atoms with E-state index < -0.39 is 16.1 Å². The van der Waals surface area contributed by atoms with Crippen LogP contribution in [0.3, 0.4) is 0 Å². The fraction of sp³-hybridized carbons (Fsp3) is 0.917. The van der Waals surface area contributed by atoms with E-state index in [1.807, 2.05) is 13.8 Å². The molecule has 6 nitrogen and oxygen atoms in total. The van der Waals surface area contributed by atoms with Gasteiger partial charge in [0, 0.05) is 19.1 Å². The van der Waals surface area contributed by atoms with Crippen LogP contribution in [0.25, 0.3) is 0 Å². The van der Waals surface area contributed by atoms with Gasteiger partial charge in [-0.1, -0.05) is 13.8 Å². The monoisotopic (exact) mass is 291 g/mol. The van der Waals surface area contributed by atoms with Gasteiger partial charge in [0.1, 0.15) is 0 Å². The van der Waals surface area contributed by atoms with Gasteiger partial charge in [-0.25, -0.2) is 12.7 Å². The van der Waals surface area contributed by atoms with Gasteiger partial charge in [-0.2, -0.15) is 0 Å². The highest BCUT2D eigenvalue weighted by Crippen LogP contribution is 2.15. The van der Waals surface area contributed by atoms with Gasteiger partial charge in [0.2, 0.25) is 15.9 Å². The van der Waals surface area contributed by atoms with Gasteiger partial charge in [-0.05, 0) is 25.7 Å². The van der Waals surface area contributed by atoms with Crippen LogP contribution in [0.5, 0.6) is 0 Å². The van der Waals surface area contributed by atoms with Crippen molar-refractivity contribution in [2.45, 2.75) is 51.6 Å². The molecule has 19 heavy (non-hydrogen) atoms. The second-order valence-electron chi connectivity index (χ2n) is 5.01. The lowest BCUT2D eigenvalue weighted by atomic mass is 10.1. The molecule has 0 bridgehead atoms. The smallest absolute Gasteiger partial charge is 0.237 e. The number of piperidine rings is 1. The minimum absolute atomic E-state index is 0.0400. The van der Waals surface area contributed by atoms with Crippen molar-refractivity contribution in [2.24, 2.45) is 5.73 Å². The van der Waals surface area contributed by atoms with E-state index in [2.05, 4.69) is 5.32 Å². The molecule has 0 spiro atoms. The average molecular weight is 291 g/mol. The highest BCUT2D eigenvalue weighted by atomic mass is 32.2. The zero-order chi connectivity index (χ0) is 14.5. The SMILES string of the molecule is CCCS(=O)(=O)N1CCC(NC(=O)[C@@H](N)CC)CC1. The second kappa shape index (κ2) is 7.21. The number of nitrogens with one attached hydrogen (secondary N) is 1. The number of sulfonamides is 1. The summed E-state index contributed by atoms with van der Waals surface area (Å²) in [5, 5.41) is 2.89. The largest absolute Gasteiger partial charge is 0.352 e. The van der Waals surface area contributed by atoms with Gasteiger partial charge in [0.25, 0.3) is 0 Å². The molecular weight excluding hydrogens is 266 g/mol. The third-order valence-electron chi connectivity index (χ3n) is 3.43. The molecule has 0 aromatic rings. The standard InChI is InChI=1S/C12H25N3O3S/c1-3-9-19(17,18)15-7-5-10(6-8-15)14-12(16)11(13)4-2/h10-11H,3-9,13H2,1-2H3,(H,14,16)/t11-/m0/s1. The van der Waals surface area contributed by atoms with E-state index in [4.69, 9.17) is 5.73 Å². The van der Waals surface area contributed by atoms with Crippen LogP contribution < -0.4 is 11.1 Å². The number of carbonyl (C=O) groups is 1. The zero-order valence-electron chi connectivity index (χ0n) is 11.8. The summed E-state index contributed by atoms with van der Waals surface area (Å²) in [6.07, 6.45) is 2.55. The molecule has 0 radical (unpaired) electrons. The Morgan fingerprint density at radius 3 is 2.42 bits per heavy atom. The van der Waals surface area contributed by atoms with Crippen molar-refractivity contribution in [2.75, 3.05) is 18.8 Å². The summed E-state index contributed by atoms with van der Waals surface area (Å²) in [5.41, 5.74) is 5.65. The molecule has 112 valence electrons. The molecule has 3 N–H and O–H groups in total. The van der Waals surface area contributed by atoms with Crippen molar-refractivity contribution < 1.29 is 13.2 Å². The molecule has 1 aliphatic rings. The first-order valence-electron chi connectivity index (χ1n) is 6.94. The number of carbonyl (C=O) groups excluding carboxylic acids is 1. The third-order valence-corrected chi connectivity index (χ3v) is 5.51. The number of amides is 1. The van der Waals surface area contributed by atoms with Crippen LogP contribution in [0, 0.1) is 0 Å². The van der Waals surface area contributed by atoms with E-state index in [0.29, 0.717) is 38.8 Å². The van der Waals surface area contributed by atoms with E-state index in [1.165, 1.54) is 4.31 Å². The minimum atomic E-state index is -3.11. The van der Waals surface area contributed by atoms with Gasteiger partial charge < -0.3 is 11.1 Å². The van der Waals surface area contributed by atoms with Crippen molar-refractivity contribution in [3.05, 3.63) is 0 Å². The Balaban J connectivity index is 2.43. The quantitative estimate of drug-likeness (QED) is 0.723. The number of hydrogen-bond acceptors (Lipinski definition) is 4. The topological polar surface area (TPSA) is 92.5 Å². The normalized spacial score (nSPS) is 20.2. The van der Waals surface area contributed by atoms with E-state index >= 15 is 0 Å². The summed E-state index contributed by atoms with van der Waals surface area (Å²) in [4.78, 5) is 11.7. The molecule has 1 heterocycles. The Morgan fingerprint density at radius 1 is 1.37 bits per heavy atom. The van der Waals surface area contributed by atoms with Crippen LogP contribution in [-0.2, 0) is 14.8 Å². The fourth-order valence-corrected chi connectivity index (χ4v) is 3.70. The van der Waals surface area contributed by atoms with Crippen LogP contribution >= 0.6 is 0 Å². The summed E-state index contributed by atoms with van der Waals surface area (Å²) < 4.78 is 25.3. The molecule has 0 unspecified atom stereocenters. The van der Waals surface area contributed by atoms with Crippen LogP contribution in [0.1, 0.15) is 39.5 Å². The number of rotatable bonds is 6. The van der Waals surface area contributed by atoms with Crippen molar-refractivity contribution in [3.63, 3.8) is 0 Å². The summed E-state index contributed by atoms with van der Waals surface area (Å²) in [6, 6.07) is -0.431. The first-order chi connectivity index (χ1) is 8.90. The molecule has 1 saturated heterocycles. The van der Waals surface area contributed by atoms with Crippen molar-refractivity contribution in [1.82, 2.24) is 9.62 Å². The molecule has 0 aliphatic carbocycles. The molecule has 1 rings (SSSR count). The fourth-order valence-electron chi connectivity index (χ4n) is 2.16. The van der Waals surface area contributed by atoms with Gasteiger partial charge >= 0.3 is 0 Å². The first kappa shape index (κ1) is 16.4. The molecule has 1 fully saturated rings. The maximum atomic E-state index is 11.9. The Kier molecular flexibility index (Phi) is 6.22. The highest BCUT2D eigenvalue weighted by Gasteiger charge is 2.28. The molecular formula is C12H25N3O3S. The first-order valence-corrected chi connectivity index (χ1v) is 8.55. The molecule has 0 aromatic heterocycles. The van der Waals surface area contributed by atoms with Crippen molar-refractivity contribution in [3.8, 4) is 0 Å². The Labute approximate surface area is 115 Å². The van der Waals surface area contributed by atoms with Crippen LogP contribution in [-0.4, -0.2) is 49.6 Å². The zero-order valence-corrected chi connectivity index (χ0v) is 12.6. The number of nitrogens with zero attached hydrogens (tertiary/aromatic N) is 1. The lowest BCUT2D eigenvalue weighted by Crippen LogP contribution is -2.50. The maximum Gasteiger partial charge on any atom is 0.237 e. The van der Waals surface area contributed by atoms with Crippen LogP contribution in [0.4, 0.5) is 0 Å². The Hall–Kier alpha value is -0.660. The van der Waals surface area contributed by atoms with E-state index in [0.717, 1.165) is 0 Å². The summed E-state index contributed by atoms with van der Waals surface area (Å²) in [5.74, 6) is 0.0578. The minimum Gasteiger partial charge on any atom is -0.352 e. The predicted octanol–water partition coefficient (Wildman–Crippen LogP) is 0.0441. The summed E-state index contributed by atoms with van der Waals surface area (Å²) >= 11 is 0. The maximum absolute atomic E-state index is 11.9. The average Bonchev–Trinajstić information content (AvgIpc) is 2.38. The number of hydrogen-bond donors (Lipinski definition) is 2. The number of nitrogens with two attached hydrogens (primary N) is 1. The second-order valence-corrected chi connectivity index (χ2v) is 7.10. The Bertz CT molecular complexity index is 389. The molecule has 1 amide bonds. The van der Waals surface area contributed by atoms with Gasteiger partial charge in [0.15, 0.2) is 0 Å². The highest BCUT2D eigenvalue weighted by molar-refractivity contribution is 7.89. The molecule has 0 aromatic carbocycles. The van der Waals surface area contributed by atoms with Gasteiger partial charge in [0.05, 0.1) is 11.8 Å². The van der Waals surface area contributed by atoms with Gasteiger partial charge in [-0.3, -0.25) is 4.79 Å². The Morgan fingerprint density at radius 2 is 1.95 bits per heavy atom. The van der Waals surface area contributed by atoms with E-state index in [-0.39, 0.29) is 17.7 Å². The lowest BCUT2D eigenvalue weighted by Gasteiger charge is -2.32.